The number of ether oxygens (including phenoxy) is 1. The molecule has 0 aromatic rings. The molecule has 0 saturated carbocycles. The molecule has 7 nitrogen and oxygen atoms in total. The Bertz CT molecular complexity index is 342. The summed E-state index contributed by atoms with van der Waals surface area (Å²) >= 11 is 0. The van der Waals surface area contributed by atoms with Crippen LogP contribution in [0.25, 0.3) is 0 Å². The Morgan fingerprint density at radius 2 is 2.11 bits per heavy atom. The van der Waals surface area contributed by atoms with Crippen molar-refractivity contribution >= 4 is 12.0 Å². The van der Waals surface area contributed by atoms with Gasteiger partial charge < -0.3 is 25.0 Å². The first-order valence-corrected chi connectivity index (χ1v) is 6.64. The first kappa shape index (κ1) is 14.1. The molecule has 0 bridgehead atoms. The van der Waals surface area contributed by atoms with E-state index < -0.39 is 11.9 Å². The number of carboxylic acid groups (broad SMARTS) is 1. The van der Waals surface area contributed by atoms with E-state index in [4.69, 9.17) is 9.84 Å². The number of carbonyl (C=O) groups is 2. The van der Waals surface area contributed by atoms with Crippen LogP contribution in [0.2, 0.25) is 0 Å². The van der Waals surface area contributed by atoms with Gasteiger partial charge in [-0.2, -0.15) is 0 Å². The molecule has 2 fully saturated rings. The third-order valence-electron chi connectivity index (χ3n) is 3.78. The first-order valence-electron chi connectivity index (χ1n) is 6.64. The van der Waals surface area contributed by atoms with E-state index in [0.29, 0.717) is 19.7 Å². The molecule has 2 unspecified atom stereocenters. The fraction of sp³-hybridized carbons (Fsp3) is 0.833. The molecule has 2 heterocycles. The Kier molecular flexibility index (Phi) is 4.60. The van der Waals surface area contributed by atoms with Crippen LogP contribution < -0.4 is 5.32 Å². The summed E-state index contributed by atoms with van der Waals surface area (Å²) in [6.07, 6.45) is 0.920. The number of rotatable bonds is 2. The second-order valence-electron chi connectivity index (χ2n) is 5.03. The van der Waals surface area contributed by atoms with E-state index in [2.05, 4.69) is 5.32 Å². The minimum atomic E-state index is -0.903. The number of likely N-dealkylation sites (N-methyl/N-ethyl adjacent to an activating group) is 1. The molecule has 2 aliphatic rings. The molecule has 2 aliphatic heterocycles. The molecule has 2 N–H and O–H groups in total. The predicted molar refractivity (Wildman–Crippen MR) is 68.0 cm³/mol. The zero-order chi connectivity index (χ0) is 13.8. The summed E-state index contributed by atoms with van der Waals surface area (Å²) in [5, 5.41) is 12.4. The summed E-state index contributed by atoms with van der Waals surface area (Å²) < 4.78 is 5.21. The van der Waals surface area contributed by atoms with Gasteiger partial charge in [-0.15, -0.1) is 0 Å². The lowest BCUT2D eigenvalue weighted by atomic mass is 10.0. The van der Waals surface area contributed by atoms with Crippen LogP contribution >= 0.6 is 0 Å². The fourth-order valence-corrected chi connectivity index (χ4v) is 2.56. The van der Waals surface area contributed by atoms with Crippen LogP contribution in [0, 0.1) is 5.92 Å². The lowest BCUT2D eigenvalue weighted by Crippen LogP contribution is -2.50. The van der Waals surface area contributed by atoms with Crippen LogP contribution in [-0.4, -0.2) is 79.4 Å². The number of amides is 2. The van der Waals surface area contributed by atoms with E-state index in [9.17, 15) is 9.59 Å². The predicted octanol–water partition coefficient (Wildman–Crippen LogP) is -0.567. The van der Waals surface area contributed by atoms with Gasteiger partial charge in [0.15, 0.2) is 0 Å². The topological polar surface area (TPSA) is 82.1 Å². The molecular weight excluding hydrogens is 250 g/mol. The molecule has 2 rings (SSSR count). The van der Waals surface area contributed by atoms with Crippen molar-refractivity contribution in [1.29, 1.82) is 0 Å². The third-order valence-corrected chi connectivity index (χ3v) is 3.78. The number of nitrogens with one attached hydrogen (secondary N) is 1. The van der Waals surface area contributed by atoms with Gasteiger partial charge in [0.1, 0.15) is 5.92 Å². The highest BCUT2D eigenvalue weighted by atomic mass is 16.5. The Hall–Kier alpha value is -1.34. The normalized spacial score (nSPS) is 27.9. The van der Waals surface area contributed by atoms with E-state index in [1.54, 1.807) is 11.9 Å². The van der Waals surface area contributed by atoms with Crippen molar-refractivity contribution in [2.24, 2.45) is 5.92 Å². The molecule has 108 valence electrons. The van der Waals surface area contributed by atoms with Crippen LogP contribution in [0.15, 0.2) is 0 Å². The van der Waals surface area contributed by atoms with Gasteiger partial charge in [0.25, 0.3) is 0 Å². The van der Waals surface area contributed by atoms with Gasteiger partial charge >= 0.3 is 12.0 Å². The van der Waals surface area contributed by atoms with Crippen LogP contribution in [0.5, 0.6) is 0 Å². The van der Waals surface area contributed by atoms with E-state index >= 15 is 0 Å². The lowest BCUT2D eigenvalue weighted by Gasteiger charge is -2.31. The van der Waals surface area contributed by atoms with Gasteiger partial charge in [-0.05, 0) is 13.0 Å². The van der Waals surface area contributed by atoms with Gasteiger partial charge in [-0.1, -0.05) is 0 Å². The lowest BCUT2D eigenvalue weighted by molar-refractivity contribution is -0.142. The zero-order valence-corrected chi connectivity index (χ0v) is 11.2. The first-order chi connectivity index (χ1) is 9.11. The highest BCUT2D eigenvalue weighted by molar-refractivity contribution is 5.77. The van der Waals surface area contributed by atoms with Crippen LogP contribution in [0.1, 0.15) is 6.42 Å². The zero-order valence-electron chi connectivity index (χ0n) is 11.2. The molecular formula is C12H21N3O4. The molecule has 2 atom stereocenters. The van der Waals surface area contributed by atoms with Crippen molar-refractivity contribution in [3.8, 4) is 0 Å². The Morgan fingerprint density at radius 1 is 1.32 bits per heavy atom. The van der Waals surface area contributed by atoms with Crippen molar-refractivity contribution < 1.29 is 19.4 Å². The van der Waals surface area contributed by atoms with E-state index in [1.807, 2.05) is 0 Å². The number of nitrogens with zero attached hydrogens (tertiary/aromatic N) is 2. The highest BCUT2D eigenvalue weighted by Gasteiger charge is 2.39. The maximum absolute atomic E-state index is 12.4. The third kappa shape index (κ3) is 3.16. The van der Waals surface area contributed by atoms with Gasteiger partial charge in [-0.25, -0.2) is 4.79 Å². The molecule has 0 radical (unpaired) electrons. The van der Waals surface area contributed by atoms with Gasteiger partial charge in [0.05, 0.1) is 19.3 Å². The molecule has 7 heteroatoms. The molecule has 2 amide bonds. The minimum Gasteiger partial charge on any atom is -0.481 e. The molecule has 0 spiro atoms. The van der Waals surface area contributed by atoms with Gasteiger partial charge in [0.2, 0.25) is 0 Å². The average molecular weight is 271 g/mol. The molecule has 0 aromatic heterocycles. The fourth-order valence-electron chi connectivity index (χ4n) is 2.56. The number of carboxylic acids is 1. The molecule has 2 saturated heterocycles. The summed E-state index contributed by atoms with van der Waals surface area (Å²) in [5.74, 6) is -1.53. The number of aliphatic carboxylic acids is 1. The van der Waals surface area contributed by atoms with E-state index in [1.165, 1.54) is 4.90 Å². The molecule has 0 aromatic carbocycles. The highest BCUT2D eigenvalue weighted by Crippen LogP contribution is 2.20. The number of hydrogen-bond donors (Lipinski definition) is 2. The summed E-state index contributed by atoms with van der Waals surface area (Å²) in [6.45, 7) is 3.54. The summed E-state index contributed by atoms with van der Waals surface area (Å²) in [7, 11) is 1.66. The number of hydrogen-bond acceptors (Lipinski definition) is 4. The smallest absolute Gasteiger partial charge is 0.320 e. The Balaban J connectivity index is 1.99. The van der Waals surface area contributed by atoms with Crippen LogP contribution in [0.3, 0.4) is 0 Å². The Labute approximate surface area is 112 Å². The van der Waals surface area contributed by atoms with Gasteiger partial charge in [0, 0.05) is 26.7 Å². The van der Waals surface area contributed by atoms with Crippen molar-refractivity contribution in [3.63, 3.8) is 0 Å². The largest absolute Gasteiger partial charge is 0.481 e. The summed E-state index contributed by atoms with van der Waals surface area (Å²) in [5.41, 5.74) is 0. The quantitative estimate of drug-likeness (QED) is 0.703. The van der Waals surface area contributed by atoms with Crippen molar-refractivity contribution in [2.45, 2.75) is 12.5 Å². The van der Waals surface area contributed by atoms with E-state index in [0.717, 1.165) is 19.5 Å². The number of carbonyl (C=O) groups excluding carboxylic acids is 1. The SMILES string of the molecule is CN(C(=O)N1CCCNCC1)C1COCC1C(=O)O. The van der Waals surface area contributed by atoms with Crippen molar-refractivity contribution in [1.82, 2.24) is 15.1 Å². The van der Waals surface area contributed by atoms with Gasteiger partial charge in [-0.3, -0.25) is 4.79 Å². The van der Waals surface area contributed by atoms with Crippen LogP contribution in [0.4, 0.5) is 4.79 Å². The molecule has 0 aliphatic carbocycles. The van der Waals surface area contributed by atoms with Crippen molar-refractivity contribution in [2.75, 3.05) is 46.4 Å². The summed E-state index contributed by atoms with van der Waals surface area (Å²) in [4.78, 5) is 26.8. The summed E-state index contributed by atoms with van der Waals surface area (Å²) in [6, 6.07) is -0.480. The Morgan fingerprint density at radius 3 is 2.84 bits per heavy atom. The molecule has 19 heavy (non-hydrogen) atoms. The van der Waals surface area contributed by atoms with E-state index in [-0.39, 0.29) is 18.7 Å². The standard InChI is InChI=1S/C12H21N3O4/c1-14(10-8-19-7-9(10)11(16)17)12(18)15-5-2-3-13-4-6-15/h9-10,13H,2-8H2,1H3,(H,16,17). The minimum absolute atomic E-state index is 0.106. The van der Waals surface area contributed by atoms with Crippen molar-refractivity contribution in [3.05, 3.63) is 0 Å². The maximum atomic E-state index is 12.4. The monoisotopic (exact) mass is 271 g/mol. The maximum Gasteiger partial charge on any atom is 0.320 e. The number of urea groups is 1. The second-order valence-corrected chi connectivity index (χ2v) is 5.03. The van der Waals surface area contributed by atoms with Crippen LogP contribution in [-0.2, 0) is 9.53 Å². The second kappa shape index (κ2) is 6.21. The average Bonchev–Trinajstić information content (AvgIpc) is 2.73.